The van der Waals surface area contributed by atoms with E-state index in [1.807, 2.05) is 29.1 Å². The number of amides is 1. The highest BCUT2D eigenvalue weighted by Gasteiger charge is 2.44. The Morgan fingerprint density at radius 2 is 2.08 bits per heavy atom. The van der Waals surface area contributed by atoms with Gasteiger partial charge in [-0.2, -0.15) is 5.10 Å². The maximum absolute atomic E-state index is 12.3. The summed E-state index contributed by atoms with van der Waals surface area (Å²) in [5, 5.41) is 9.26. The number of rotatable bonds is 7. The highest BCUT2D eigenvalue weighted by Crippen LogP contribution is 2.46. The number of fused-ring (bicyclic) bond motifs is 1. The maximum atomic E-state index is 12.3. The highest BCUT2D eigenvalue weighted by molar-refractivity contribution is 6.31. The van der Waals surface area contributed by atoms with Crippen LogP contribution in [0.25, 0.3) is 10.9 Å². The normalized spacial score (nSPS) is 19.4. The SMILES string of the molecule is O=C(CCn1ncc2ccc(Cl)cc21)NCC1(CN2CCCC2)CC1. The first-order valence-electron chi connectivity index (χ1n) is 9.24. The molecule has 2 aromatic rings. The third-order valence-electron chi connectivity index (χ3n) is 5.53. The van der Waals surface area contributed by atoms with Crippen molar-refractivity contribution in [1.82, 2.24) is 20.0 Å². The Morgan fingerprint density at radius 1 is 1.28 bits per heavy atom. The summed E-state index contributed by atoms with van der Waals surface area (Å²) in [6, 6.07) is 5.71. The van der Waals surface area contributed by atoms with Gasteiger partial charge in [-0.1, -0.05) is 11.6 Å². The summed E-state index contributed by atoms with van der Waals surface area (Å²) in [7, 11) is 0. The molecule has 5 nitrogen and oxygen atoms in total. The highest BCUT2D eigenvalue weighted by atomic mass is 35.5. The van der Waals surface area contributed by atoms with E-state index in [-0.39, 0.29) is 5.91 Å². The standard InChI is InChI=1S/C19H25ClN4O/c20-16-4-3-15-12-22-24(17(15)11-16)10-5-18(25)21-13-19(6-7-19)14-23-8-1-2-9-23/h3-4,11-12H,1-2,5-10,13-14H2,(H,21,25). The number of nitrogens with one attached hydrogen (secondary N) is 1. The fourth-order valence-electron chi connectivity index (χ4n) is 3.79. The zero-order chi connectivity index (χ0) is 17.3. The van der Waals surface area contributed by atoms with Crippen LogP contribution in [-0.2, 0) is 11.3 Å². The van der Waals surface area contributed by atoms with E-state index in [1.165, 1.54) is 38.8 Å². The lowest BCUT2D eigenvalue weighted by Crippen LogP contribution is -2.37. The lowest BCUT2D eigenvalue weighted by Gasteiger charge is -2.23. The average Bonchev–Trinajstić information content (AvgIpc) is 2.99. The Morgan fingerprint density at radius 3 is 2.84 bits per heavy atom. The third-order valence-corrected chi connectivity index (χ3v) is 5.77. The quantitative estimate of drug-likeness (QED) is 0.825. The van der Waals surface area contributed by atoms with Crippen molar-refractivity contribution in [3.63, 3.8) is 0 Å². The fraction of sp³-hybridized carbons (Fsp3) is 0.579. The first-order chi connectivity index (χ1) is 12.1. The molecule has 134 valence electrons. The van der Waals surface area contributed by atoms with Crippen LogP contribution in [-0.4, -0.2) is 46.8 Å². The van der Waals surface area contributed by atoms with Crippen LogP contribution in [0, 0.1) is 5.41 Å². The number of carbonyl (C=O) groups excluding carboxylic acids is 1. The number of halogens is 1. The molecular formula is C19H25ClN4O. The van der Waals surface area contributed by atoms with Gasteiger partial charge in [0.2, 0.25) is 5.91 Å². The van der Waals surface area contributed by atoms with Gasteiger partial charge >= 0.3 is 0 Å². The number of likely N-dealkylation sites (tertiary alicyclic amines) is 1. The van der Waals surface area contributed by atoms with Crippen molar-refractivity contribution in [3.8, 4) is 0 Å². The summed E-state index contributed by atoms with van der Waals surface area (Å²) < 4.78 is 1.86. The van der Waals surface area contributed by atoms with Gasteiger partial charge in [-0.05, 0) is 57.0 Å². The van der Waals surface area contributed by atoms with E-state index in [0.29, 0.717) is 23.4 Å². The first-order valence-corrected chi connectivity index (χ1v) is 9.62. The minimum atomic E-state index is 0.110. The molecule has 4 rings (SSSR count). The molecule has 25 heavy (non-hydrogen) atoms. The number of nitrogens with zero attached hydrogens (tertiary/aromatic N) is 3. The summed E-state index contributed by atoms with van der Waals surface area (Å²) in [6.45, 7) is 4.99. The van der Waals surface area contributed by atoms with Crippen molar-refractivity contribution in [1.29, 1.82) is 0 Å². The molecular weight excluding hydrogens is 336 g/mol. The fourth-order valence-corrected chi connectivity index (χ4v) is 3.95. The van der Waals surface area contributed by atoms with Gasteiger partial charge in [-0.3, -0.25) is 9.48 Å². The van der Waals surface area contributed by atoms with Crippen molar-refractivity contribution < 1.29 is 4.79 Å². The average molecular weight is 361 g/mol. The van der Waals surface area contributed by atoms with Crippen molar-refractivity contribution in [2.75, 3.05) is 26.2 Å². The van der Waals surface area contributed by atoms with E-state index in [9.17, 15) is 4.79 Å². The van der Waals surface area contributed by atoms with Crippen molar-refractivity contribution >= 4 is 28.4 Å². The van der Waals surface area contributed by atoms with Crippen LogP contribution in [0.4, 0.5) is 0 Å². The molecule has 0 spiro atoms. The van der Waals surface area contributed by atoms with Crippen LogP contribution in [0.2, 0.25) is 5.02 Å². The molecule has 1 aliphatic heterocycles. The molecule has 1 N–H and O–H groups in total. The van der Waals surface area contributed by atoms with E-state index >= 15 is 0 Å². The summed E-state index contributed by atoms with van der Waals surface area (Å²) >= 11 is 6.06. The predicted molar refractivity (Wildman–Crippen MR) is 99.7 cm³/mol. The second-order valence-corrected chi connectivity index (χ2v) is 8.02. The van der Waals surface area contributed by atoms with Crippen LogP contribution < -0.4 is 5.32 Å². The molecule has 2 heterocycles. The minimum Gasteiger partial charge on any atom is -0.355 e. The largest absolute Gasteiger partial charge is 0.355 e. The van der Waals surface area contributed by atoms with Gasteiger partial charge in [0.05, 0.1) is 18.3 Å². The number of benzene rings is 1. The molecule has 1 aromatic carbocycles. The van der Waals surface area contributed by atoms with Gasteiger partial charge in [0, 0.05) is 35.3 Å². The number of hydrogen-bond acceptors (Lipinski definition) is 3. The second kappa shape index (κ2) is 6.96. The third kappa shape index (κ3) is 3.98. The lowest BCUT2D eigenvalue weighted by molar-refractivity contribution is -0.121. The monoisotopic (exact) mass is 360 g/mol. The van der Waals surface area contributed by atoms with Gasteiger partial charge in [-0.15, -0.1) is 0 Å². The molecule has 1 saturated heterocycles. The lowest BCUT2D eigenvalue weighted by atomic mass is 10.1. The van der Waals surface area contributed by atoms with E-state index in [1.54, 1.807) is 0 Å². The number of aryl methyl sites for hydroxylation is 1. The van der Waals surface area contributed by atoms with Gasteiger partial charge in [0.25, 0.3) is 0 Å². The van der Waals surface area contributed by atoms with Gasteiger partial charge in [-0.25, -0.2) is 0 Å². The van der Waals surface area contributed by atoms with Gasteiger partial charge in [0.15, 0.2) is 0 Å². The minimum absolute atomic E-state index is 0.110. The van der Waals surface area contributed by atoms with E-state index in [4.69, 9.17) is 11.6 Å². The molecule has 1 aromatic heterocycles. The van der Waals surface area contributed by atoms with Gasteiger partial charge in [0.1, 0.15) is 0 Å². The molecule has 2 fully saturated rings. The molecule has 1 aliphatic carbocycles. The second-order valence-electron chi connectivity index (χ2n) is 7.58. The Labute approximate surface area is 153 Å². The van der Waals surface area contributed by atoms with E-state index in [0.717, 1.165) is 24.0 Å². The zero-order valence-electron chi connectivity index (χ0n) is 14.5. The van der Waals surface area contributed by atoms with Crippen LogP contribution in [0.3, 0.4) is 0 Å². The number of carbonyl (C=O) groups is 1. The van der Waals surface area contributed by atoms with E-state index in [2.05, 4.69) is 15.3 Å². The Kier molecular flexibility index (Phi) is 4.69. The molecule has 0 radical (unpaired) electrons. The predicted octanol–water partition coefficient (Wildman–Crippen LogP) is 3.07. The van der Waals surface area contributed by atoms with Crippen LogP contribution in [0.5, 0.6) is 0 Å². The molecule has 6 heteroatoms. The Hall–Kier alpha value is -1.59. The van der Waals surface area contributed by atoms with E-state index < -0.39 is 0 Å². The zero-order valence-corrected chi connectivity index (χ0v) is 15.3. The smallest absolute Gasteiger partial charge is 0.221 e. The number of hydrogen-bond donors (Lipinski definition) is 1. The van der Waals surface area contributed by atoms with Crippen molar-refractivity contribution in [2.45, 2.75) is 38.6 Å². The summed E-state index contributed by atoms with van der Waals surface area (Å²) in [4.78, 5) is 14.8. The van der Waals surface area contributed by atoms with Crippen LogP contribution in [0.1, 0.15) is 32.1 Å². The molecule has 0 bridgehead atoms. The molecule has 2 aliphatic rings. The van der Waals surface area contributed by atoms with Crippen LogP contribution >= 0.6 is 11.6 Å². The molecule has 0 unspecified atom stereocenters. The van der Waals surface area contributed by atoms with Crippen molar-refractivity contribution in [2.24, 2.45) is 5.41 Å². The topological polar surface area (TPSA) is 50.2 Å². The summed E-state index contributed by atoms with van der Waals surface area (Å²) in [5.74, 6) is 0.110. The summed E-state index contributed by atoms with van der Waals surface area (Å²) in [6.07, 6.45) is 7.40. The Bertz CT molecular complexity index is 762. The molecule has 1 saturated carbocycles. The van der Waals surface area contributed by atoms with Crippen molar-refractivity contribution in [3.05, 3.63) is 29.4 Å². The first kappa shape index (κ1) is 16.9. The Balaban J connectivity index is 1.27. The molecule has 1 amide bonds. The number of aromatic nitrogens is 2. The van der Waals surface area contributed by atoms with Crippen LogP contribution in [0.15, 0.2) is 24.4 Å². The molecule has 0 atom stereocenters. The maximum Gasteiger partial charge on any atom is 0.221 e. The summed E-state index contributed by atoms with van der Waals surface area (Å²) in [5.41, 5.74) is 1.32. The van der Waals surface area contributed by atoms with Gasteiger partial charge < -0.3 is 10.2 Å².